The van der Waals surface area contributed by atoms with Crippen molar-refractivity contribution in [2.75, 3.05) is 20.2 Å². The quantitative estimate of drug-likeness (QED) is 0.543. The van der Waals surface area contributed by atoms with E-state index in [0.29, 0.717) is 22.6 Å². The molecule has 0 aliphatic carbocycles. The van der Waals surface area contributed by atoms with E-state index >= 15 is 0 Å². The first kappa shape index (κ1) is 24.2. The van der Waals surface area contributed by atoms with Gasteiger partial charge in [-0.15, -0.1) is 0 Å². The Bertz CT molecular complexity index is 1080. The summed E-state index contributed by atoms with van der Waals surface area (Å²) in [7, 11) is 1.30. The van der Waals surface area contributed by atoms with Crippen LogP contribution < -0.4 is 14.8 Å². The van der Waals surface area contributed by atoms with Gasteiger partial charge in [-0.3, -0.25) is 19.3 Å². The van der Waals surface area contributed by atoms with E-state index in [-0.39, 0.29) is 41.8 Å². The van der Waals surface area contributed by atoms with E-state index in [9.17, 15) is 23.2 Å². The van der Waals surface area contributed by atoms with Gasteiger partial charge in [0, 0.05) is 18.7 Å². The molecule has 1 aromatic heterocycles. The summed E-state index contributed by atoms with van der Waals surface area (Å²) < 4.78 is 39.4. The highest BCUT2D eigenvalue weighted by atomic mass is 32.2. The highest BCUT2D eigenvalue weighted by Crippen LogP contribution is 2.34. The molecule has 9 nitrogen and oxygen atoms in total. The maximum Gasteiger partial charge on any atom is 0.387 e. The average molecular weight is 481 g/mol. The second-order valence-corrected chi connectivity index (χ2v) is 7.94. The third kappa shape index (κ3) is 5.89. The first-order chi connectivity index (χ1) is 15.7. The first-order valence-electron chi connectivity index (χ1n) is 9.76. The largest absolute Gasteiger partial charge is 0.493 e. The number of benzene rings is 1. The highest BCUT2D eigenvalue weighted by Gasteiger charge is 2.34. The van der Waals surface area contributed by atoms with E-state index in [0.717, 1.165) is 16.7 Å². The Balaban J connectivity index is 1.60. The Morgan fingerprint density at radius 2 is 2.06 bits per heavy atom. The van der Waals surface area contributed by atoms with Crippen molar-refractivity contribution in [1.82, 2.24) is 15.4 Å². The SMILES string of the molecule is COc1cc(/C=C2\SC(=O)N(CCNC(=O)Cc3c(C)noc3C)C2=O)ccc1OC(F)F. The van der Waals surface area contributed by atoms with Gasteiger partial charge in [-0.25, -0.2) is 0 Å². The number of rotatable bonds is 9. The third-order valence-electron chi connectivity index (χ3n) is 4.75. The second kappa shape index (κ2) is 10.5. The van der Waals surface area contributed by atoms with Gasteiger partial charge in [0.05, 0.1) is 24.1 Å². The predicted octanol–water partition coefficient (Wildman–Crippen LogP) is 3.30. The van der Waals surface area contributed by atoms with Crippen LogP contribution in [-0.4, -0.2) is 53.9 Å². The second-order valence-electron chi connectivity index (χ2n) is 6.95. The van der Waals surface area contributed by atoms with Crippen LogP contribution >= 0.6 is 11.8 Å². The lowest BCUT2D eigenvalue weighted by Gasteiger charge is -2.13. The summed E-state index contributed by atoms with van der Waals surface area (Å²) in [5, 5.41) is 5.99. The smallest absolute Gasteiger partial charge is 0.387 e. The zero-order valence-electron chi connectivity index (χ0n) is 18.0. The molecule has 0 bridgehead atoms. The molecule has 1 N–H and O–H groups in total. The van der Waals surface area contributed by atoms with Crippen LogP contribution in [0.3, 0.4) is 0 Å². The third-order valence-corrected chi connectivity index (χ3v) is 5.66. The van der Waals surface area contributed by atoms with E-state index in [1.807, 2.05) is 0 Å². The number of imide groups is 1. The van der Waals surface area contributed by atoms with Crippen LogP contribution in [0.25, 0.3) is 6.08 Å². The molecule has 2 heterocycles. The number of amides is 3. The molecule has 1 saturated heterocycles. The fourth-order valence-corrected chi connectivity index (χ4v) is 3.96. The minimum Gasteiger partial charge on any atom is -0.493 e. The van der Waals surface area contributed by atoms with Crippen LogP contribution in [0.1, 0.15) is 22.6 Å². The van der Waals surface area contributed by atoms with Crippen molar-refractivity contribution in [2.45, 2.75) is 26.9 Å². The summed E-state index contributed by atoms with van der Waals surface area (Å²) in [5.41, 5.74) is 1.79. The molecule has 176 valence electrons. The lowest BCUT2D eigenvalue weighted by Crippen LogP contribution is -2.37. The van der Waals surface area contributed by atoms with Crippen LogP contribution in [-0.2, 0) is 16.0 Å². The molecule has 0 saturated carbocycles. The van der Waals surface area contributed by atoms with Gasteiger partial charge in [0.15, 0.2) is 11.5 Å². The Kier molecular flexibility index (Phi) is 7.69. The minimum absolute atomic E-state index is 0.000163. The molecule has 2 aromatic rings. The van der Waals surface area contributed by atoms with Crippen LogP contribution in [0.4, 0.5) is 13.6 Å². The Labute approximate surface area is 192 Å². The van der Waals surface area contributed by atoms with Gasteiger partial charge in [0.2, 0.25) is 5.91 Å². The van der Waals surface area contributed by atoms with Crippen molar-refractivity contribution in [3.05, 3.63) is 45.7 Å². The van der Waals surface area contributed by atoms with Gasteiger partial charge in [0.1, 0.15) is 5.76 Å². The number of hydrogen-bond acceptors (Lipinski definition) is 8. The Hall–Kier alpha value is -3.41. The van der Waals surface area contributed by atoms with Gasteiger partial charge < -0.3 is 19.3 Å². The van der Waals surface area contributed by atoms with Gasteiger partial charge in [-0.2, -0.15) is 8.78 Å². The van der Waals surface area contributed by atoms with Gasteiger partial charge >= 0.3 is 6.61 Å². The van der Waals surface area contributed by atoms with Crippen LogP contribution in [0.15, 0.2) is 27.6 Å². The van der Waals surface area contributed by atoms with E-state index in [1.54, 1.807) is 13.8 Å². The first-order valence-corrected chi connectivity index (χ1v) is 10.6. The molecule has 0 radical (unpaired) electrons. The van der Waals surface area contributed by atoms with E-state index in [2.05, 4.69) is 15.2 Å². The normalized spacial score (nSPS) is 15.0. The molecular formula is C21H21F2N3O6S. The molecule has 0 spiro atoms. The number of carbonyl (C=O) groups is 3. The van der Waals surface area contributed by atoms with Crippen LogP contribution in [0.2, 0.25) is 0 Å². The molecule has 33 heavy (non-hydrogen) atoms. The van der Waals surface area contributed by atoms with Crippen molar-refractivity contribution in [2.24, 2.45) is 0 Å². The Morgan fingerprint density at radius 3 is 2.70 bits per heavy atom. The van der Waals surface area contributed by atoms with Crippen LogP contribution in [0, 0.1) is 13.8 Å². The number of aromatic nitrogens is 1. The van der Waals surface area contributed by atoms with E-state index in [4.69, 9.17) is 9.26 Å². The fourth-order valence-electron chi connectivity index (χ4n) is 3.10. The number of methoxy groups -OCH3 is 1. The van der Waals surface area contributed by atoms with Crippen LogP contribution in [0.5, 0.6) is 11.5 Å². The average Bonchev–Trinajstić information content (AvgIpc) is 3.21. The van der Waals surface area contributed by atoms with Gasteiger partial charge in [-0.05, 0) is 49.4 Å². The molecular weight excluding hydrogens is 460 g/mol. The number of aryl methyl sites for hydroxylation is 2. The molecule has 0 unspecified atom stereocenters. The summed E-state index contributed by atoms with van der Waals surface area (Å²) in [6, 6.07) is 4.17. The number of carbonyl (C=O) groups excluding carboxylic acids is 3. The minimum atomic E-state index is -3.01. The van der Waals surface area contributed by atoms with E-state index < -0.39 is 17.8 Å². The zero-order valence-corrected chi connectivity index (χ0v) is 18.8. The van der Waals surface area contributed by atoms with Crippen molar-refractivity contribution < 1.29 is 37.2 Å². The molecule has 1 aliphatic heterocycles. The number of halogens is 2. The lowest BCUT2D eigenvalue weighted by molar-refractivity contribution is -0.124. The topological polar surface area (TPSA) is 111 Å². The summed E-state index contributed by atoms with van der Waals surface area (Å²) in [4.78, 5) is 38.2. The standard InChI is InChI=1S/C21H21F2N3O6S/c1-11-14(12(2)32-25-11)10-18(27)24-6-7-26-19(28)17(33-21(26)29)9-13-4-5-15(31-20(22)23)16(8-13)30-3/h4-5,8-9,20H,6-7,10H2,1-3H3,(H,24,27)/b17-9-. The van der Waals surface area contributed by atoms with E-state index in [1.165, 1.54) is 31.4 Å². The molecule has 1 fully saturated rings. The highest BCUT2D eigenvalue weighted by molar-refractivity contribution is 8.18. The van der Waals surface area contributed by atoms with Gasteiger partial charge in [0.25, 0.3) is 11.1 Å². The zero-order chi connectivity index (χ0) is 24.1. The van der Waals surface area contributed by atoms with Crippen molar-refractivity contribution >= 4 is 34.9 Å². The molecule has 0 atom stereocenters. The summed E-state index contributed by atoms with van der Waals surface area (Å²) in [6.45, 7) is 0.525. The number of ether oxygens (including phenoxy) is 2. The summed E-state index contributed by atoms with van der Waals surface area (Å²) >= 11 is 0.745. The maximum atomic E-state index is 12.6. The van der Waals surface area contributed by atoms with Crippen molar-refractivity contribution in [1.29, 1.82) is 0 Å². The number of nitrogens with zero attached hydrogens (tertiary/aromatic N) is 2. The summed E-state index contributed by atoms with van der Waals surface area (Å²) in [6.07, 6.45) is 1.53. The lowest BCUT2D eigenvalue weighted by atomic mass is 10.1. The molecule has 3 amide bonds. The Morgan fingerprint density at radius 1 is 1.30 bits per heavy atom. The van der Waals surface area contributed by atoms with Crippen molar-refractivity contribution in [3.63, 3.8) is 0 Å². The summed E-state index contributed by atoms with van der Waals surface area (Å²) in [5.74, 6) is -0.333. The predicted molar refractivity (Wildman–Crippen MR) is 115 cm³/mol. The number of hydrogen-bond donors (Lipinski definition) is 1. The molecule has 1 aromatic carbocycles. The number of alkyl halides is 2. The van der Waals surface area contributed by atoms with Crippen molar-refractivity contribution in [3.8, 4) is 11.5 Å². The fraction of sp³-hybridized carbons (Fsp3) is 0.333. The molecule has 3 rings (SSSR count). The molecule has 1 aliphatic rings. The maximum absolute atomic E-state index is 12.6. The van der Waals surface area contributed by atoms with Gasteiger partial charge in [-0.1, -0.05) is 11.2 Å². The number of nitrogens with one attached hydrogen (secondary N) is 1. The number of thioether (sulfide) groups is 1. The monoisotopic (exact) mass is 481 g/mol. The molecule has 12 heteroatoms.